The molecule has 0 saturated carbocycles. The number of methoxy groups -OCH3 is 1. The van der Waals surface area contributed by atoms with E-state index in [1.807, 2.05) is 20.8 Å². The monoisotopic (exact) mass is 381 g/mol. The van der Waals surface area contributed by atoms with Gasteiger partial charge in [-0.15, -0.1) is 0 Å². The van der Waals surface area contributed by atoms with Crippen LogP contribution in [0.5, 0.6) is 5.75 Å². The quantitative estimate of drug-likeness (QED) is 0.484. The third-order valence-corrected chi connectivity index (χ3v) is 4.33. The fraction of sp³-hybridized carbons (Fsp3) is 0.300. The first-order chi connectivity index (χ1) is 13.4. The van der Waals surface area contributed by atoms with Gasteiger partial charge in [0.15, 0.2) is 0 Å². The number of hydrogen-bond donors (Lipinski definition) is 0. The molecule has 0 amide bonds. The zero-order chi connectivity index (χ0) is 20.3. The van der Waals surface area contributed by atoms with Gasteiger partial charge in [-0.25, -0.2) is 4.79 Å². The summed E-state index contributed by atoms with van der Waals surface area (Å²) in [7, 11) is 3.10. The smallest absolute Gasteiger partial charge is 0.368 e. The zero-order valence-electron chi connectivity index (χ0n) is 16.6. The first kappa shape index (κ1) is 19.3. The minimum Gasteiger partial charge on any atom is -0.496 e. The van der Waals surface area contributed by atoms with Crippen LogP contribution < -0.4 is 10.4 Å². The van der Waals surface area contributed by atoms with Crippen LogP contribution in [0.25, 0.3) is 5.69 Å². The number of rotatable bonds is 6. The second-order valence-corrected chi connectivity index (χ2v) is 6.58. The minimum atomic E-state index is -0.357. The highest BCUT2D eigenvalue weighted by molar-refractivity contribution is 5.98. The minimum absolute atomic E-state index is 0.116. The first-order valence-corrected chi connectivity index (χ1v) is 8.81. The Morgan fingerprint density at radius 1 is 1.14 bits per heavy atom. The number of ether oxygens (including phenoxy) is 1. The van der Waals surface area contributed by atoms with Crippen molar-refractivity contribution >= 4 is 5.71 Å². The Morgan fingerprint density at radius 2 is 1.86 bits per heavy atom. The maximum Gasteiger partial charge on any atom is 0.368 e. The molecule has 2 aromatic carbocycles. The van der Waals surface area contributed by atoms with Crippen LogP contribution in [0.2, 0.25) is 0 Å². The van der Waals surface area contributed by atoms with Gasteiger partial charge in [0.1, 0.15) is 12.4 Å². The lowest BCUT2D eigenvalue weighted by atomic mass is 10.0. The number of aryl methyl sites for hydroxylation is 3. The van der Waals surface area contributed by atoms with Crippen molar-refractivity contribution in [3.05, 3.63) is 69.1 Å². The topological polar surface area (TPSA) is 83.5 Å². The fourth-order valence-electron chi connectivity index (χ4n) is 2.98. The van der Waals surface area contributed by atoms with Gasteiger partial charge in [0.2, 0.25) is 0 Å². The Labute approximate surface area is 163 Å². The molecule has 0 spiro atoms. The van der Waals surface area contributed by atoms with Gasteiger partial charge in [0.25, 0.3) is 0 Å². The lowest BCUT2D eigenvalue weighted by Gasteiger charge is -2.12. The average Bonchev–Trinajstić information content (AvgIpc) is 2.99. The summed E-state index contributed by atoms with van der Waals surface area (Å²) in [6, 6.07) is 11.6. The van der Waals surface area contributed by atoms with E-state index in [9.17, 15) is 4.79 Å². The molecule has 0 atom stereocenters. The van der Waals surface area contributed by atoms with E-state index in [1.165, 1.54) is 15.8 Å². The van der Waals surface area contributed by atoms with Crippen molar-refractivity contribution in [1.82, 2.24) is 19.8 Å². The SMILES string of the molecule is COc1cccc(-n2nnn(C)c2=O)c1CON=C(C)c1cc(C)cc(C)c1. The van der Waals surface area contributed by atoms with E-state index < -0.39 is 0 Å². The molecular formula is C20H23N5O3. The van der Waals surface area contributed by atoms with Crippen LogP contribution in [0.1, 0.15) is 29.2 Å². The Bertz CT molecular complexity index is 1060. The molecule has 3 rings (SSSR count). The molecule has 0 radical (unpaired) electrons. The fourth-order valence-corrected chi connectivity index (χ4v) is 2.98. The van der Waals surface area contributed by atoms with Gasteiger partial charge in [-0.3, -0.25) is 0 Å². The molecule has 8 nitrogen and oxygen atoms in total. The van der Waals surface area contributed by atoms with Gasteiger partial charge < -0.3 is 9.57 Å². The van der Waals surface area contributed by atoms with Crippen molar-refractivity contribution in [3.8, 4) is 11.4 Å². The van der Waals surface area contributed by atoms with Crippen LogP contribution in [0.4, 0.5) is 0 Å². The third-order valence-electron chi connectivity index (χ3n) is 4.33. The molecule has 0 aliphatic rings. The summed E-state index contributed by atoms with van der Waals surface area (Å²) in [5.74, 6) is 0.578. The van der Waals surface area contributed by atoms with Gasteiger partial charge >= 0.3 is 5.69 Å². The zero-order valence-corrected chi connectivity index (χ0v) is 16.6. The predicted octanol–water partition coefficient (Wildman–Crippen LogP) is 2.53. The van der Waals surface area contributed by atoms with Crippen molar-refractivity contribution in [2.75, 3.05) is 7.11 Å². The van der Waals surface area contributed by atoms with Crippen LogP contribution in [0.3, 0.4) is 0 Å². The molecule has 3 aromatic rings. The first-order valence-electron chi connectivity index (χ1n) is 8.81. The van der Waals surface area contributed by atoms with Crippen LogP contribution >= 0.6 is 0 Å². The number of aromatic nitrogens is 4. The predicted molar refractivity (Wildman–Crippen MR) is 106 cm³/mol. The summed E-state index contributed by atoms with van der Waals surface area (Å²) in [5, 5.41) is 11.9. The van der Waals surface area contributed by atoms with Crippen LogP contribution in [-0.2, 0) is 18.5 Å². The lowest BCUT2D eigenvalue weighted by Crippen LogP contribution is -2.23. The van der Waals surface area contributed by atoms with E-state index >= 15 is 0 Å². The van der Waals surface area contributed by atoms with Crippen LogP contribution in [0, 0.1) is 13.8 Å². The summed E-state index contributed by atoms with van der Waals surface area (Å²) >= 11 is 0. The number of benzene rings is 2. The van der Waals surface area contributed by atoms with E-state index in [1.54, 1.807) is 32.4 Å². The number of nitrogens with zero attached hydrogens (tertiary/aromatic N) is 5. The molecule has 0 bridgehead atoms. The standard InChI is InChI=1S/C20H23N5O3/c1-13-9-14(2)11-16(10-13)15(3)21-28-12-17-18(7-6-8-19(17)27-5)25-20(26)24(4)22-23-25/h6-11H,12H2,1-5H3. The number of oxime groups is 1. The van der Waals surface area contributed by atoms with Crippen LogP contribution in [-0.4, -0.2) is 32.6 Å². The average molecular weight is 381 g/mol. The third kappa shape index (κ3) is 3.95. The normalized spacial score (nSPS) is 11.5. The molecule has 0 saturated heterocycles. The largest absolute Gasteiger partial charge is 0.496 e. The molecule has 0 N–H and O–H groups in total. The van der Waals surface area contributed by atoms with Gasteiger partial charge in [-0.2, -0.15) is 9.36 Å². The Balaban J connectivity index is 1.90. The summed E-state index contributed by atoms with van der Waals surface area (Å²) in [5.41, 5.74) is 4.94. The Kier molecular flexibility index (Phi) is 5.58. The molecule has 8 heteroatoms. The maximum absolute atomic E-state index is 12.2. The summed E-state index contributed by atoms with van der Waals surface area (Å²) in [6.45, 7) is 6.10. The van der Waals surface area contributed by atoms with Crippen molar-refractivity contribution < 1.29 is 9.57 Å². The van der Waals surface area contributed by atoms with Gasteiger partial charge in [-0.05, 0) is 48.9 Å². The van der Waals surface area contributed by atoms with Gasteiger partial charge in [0, 0.05) is 7.05 Å². The maximum atomic E-state index is 12.2. The Hall–Kier alpha value is -3.42. The molecule has 28 heavy (non-hydrogen) atoms. The summed E-state index contributed by atoms with van der Waals surface area (Å²) in [4.78, 5) is 17.8. The number of tetrazole rings is 1. The van der Waals surface area contributed by atoms with E-state index in [0.717, 1.165) is 16.0 Å². The van der Waals surface area contributed by atoms with E-state index in [-0.39, 0.29) is 12.3 Å². The van der Waals surface area contributed by atoms with Gasteiger partial charge in [-0.1, -0.05) is 40.5 Å². The molecule has 0 aliphatic carbocycles. The second-order valence-electron chi connectivity index (χ2n) is 6.58. The molecule has 1 aromatic heterocycles. The van der Waals surface area contributed by atoms with E-state index in [2.05, 4.69) is 33.8 Å². The molecule has 146 valence electrons. The summed E-state index contributed by atoms with van der Waals surface area (Å²) < 4.78 is 7.80. The lowest BCUT2D eigenvalue weighted by molar-refractivity contribution is 0.128. The van der Waals surface area contributed by atoms with Crippen molar-refractivity contribution in [2.45, 2.75) is 27.4 Å². The molecule has 0 aliphatic heterocycles. The van der Waals surface area contributed by atoms with E-state index in [0.29, 0.717) is 17.0 Å². The highest BCUT2D eigenvalue weighted by Crippen LogP contribution is 2.25. The molecule has 1 heterocycles. The highest BCUT2D eigenvalue weighted by Gasteiger charge is 2.16. The molecular weight excluding hydrogens is 358 g/mol. The van der Waals surface area contributed by atoms with Crippen LogP contribution in [0.15, 0.2) is 46.3 Å². The molecule has 0 unspecified atom stereocenters. The van der Waals surface area contributed by atoms with Crippen molar-refractivity contribution in [2.24, 2.45) is 12.2 Å². The second kappa shape index (κ2) is 8.08. The summed E-state index contributed by atoms with van der Waals surface area (Å²) in [6.07, 6.45) is 0. The Morgan fingerprint density at radius 3 is 2.46 bits per heavy atom. The molecule has 0 fully saturated rings. The van der Waals surface area contributed by atoms with E-state index in [4.69, 9.17) is 9.57 Å². The van der Waals surface area contributed by atoms with Crippen molar-refractivity contribution in [1.29, 1.82) is 0 Å². The number of hydrogen-bond acceptors (Lipinski definition) is 6. The van der Waals surface area contributed by atoms with Crippen molar-refractivity contribution in [3.63, 3.8) is 0 Å². The highest BCUT2D eigenvalue weighted by atomic mass is 16.6. The van der Waals surface area contributed by atoms with Gasteiger partial charge in [0.05, 0.1) is 24.1 Å².